The molecule has 1 amide bonds. The van der Waals surface area contributed by atoms with Crippen LogP contribution in [0.25, 0.3) is 0 Å². The molecule has 0 saturated carbocycles. The second-order valence-corrected chi connectivity index (χ2v) is 4.45. The second-order valence-electron chi connectivity index (χ2n) is 4.45. The minimum atomic E-state index is -0.177. The van der Waals surface area contributed by atoms with Crippen molar-refractivity contribution in [3.8, 4) is 0 Å². The van der Waals surface area contributed by atoms with Crippen molar-refractivity contribution in [2.75, 3.05) is 11.1 Å². The van der Waals surface area contributed by atoms with Crippen LogP contribution in [0.5, 0.6) is 0 Å². The molecule has 0 atom stereocenters. The summed E-state index contributed by atoms with van der Waals surface area (Å²) >= 11 is 0. The summed E-state index contributed by atoms with van der Waals surface area (Å²) in [6.45, 7) is 5.66. The first kappa shape index (κ1) is 13.1. The number of nitrogens with zero attached hydrogens (tertiary/aromatic N) is 3. The van der Waals surface area contributed by atoms with Gasteiger partial charge in [-0.15, -0.1) is 0 Å². The van der Waals surface area contributed by atoms with Crippen LogP contribution in [0, 0.1) is 20.8 Å². The van der Waals surface area contributed by atoms with E-state index in [1.54, 1.807) is 10.7 Å². The Morgan fingerprint density at radius 1 is 1.37 bits per heavy atom. The van der Waals surface area contributed by atoms with E-state index >= 15 is 0 Å². The highest BCUT2D eigenvalue weighted by molar-refractivity contribution is 5.89. The third-order valence-electron chi connectivity index (χ3n) is 2.89. The molecule has 3 N–H and O–H groups in total. The fourth-order valence-electron chi connectivity index (χ4n) is 1.80. The number of rotatable bonds is 3. The van der Waals surface area contributed by atoms with Gasteiger partial charge in [0.25, 0.3) is 0 Å². The Labute approximate surface area is 111 Å². The maximum Gasteiger partial charge on any atom is 0.247 e. The predicted molar refractivity (Wildman–Crippen MR) is 73.7 cm³/mol. The summed E-state index contributed by atoms with van der Waals surface area (Å²) < 4.78 is 1.59. The van der Waals surface area contributed by atoms with Gasteiger partial charge < -0.3 is 11.1 Å². The molecule has 0 bridgehead atoms. The number of hydrogen-bond acceptors (Lipinski definition) is 4. The maximum atomic E-state index is 11.9. The largest absolute Gasteiger partial charge is 0.396 e. The summed E-state index contributed by atoms with van der Waals surface area (Å²) in [6, 6.07) is 5.47. The molecule has 100 valence electrons. The Kier molecular flexibility index (Phi) is 3.50. The van der Waals surface area contributed by atoms with Gasteiger partial charge in [0.2, 0.25) is 5.91 Å². The van der Waals surface area contributed by atoms with Crippen LogP contribution >= 0.6 is 0 Å². The van der Waals surface area contributed by atoms with Crippen molar-refractivity contribution in [3.05, 3.63) is 35.3 Å². The Balaban J connectivity index is 2.07. The third-order valence-corrected chi connectivity index (χ3v) is 2.89. The smallest absolute Gasteiger partial charge is 0.247 e. The molecule has 0 aromatic carbocycles. The molecule has 2 aromatic heterocycles. The topological polar surface area (TPSA) is 85.8 Å². The molecule has 0 fully saturated rings. The Morgan fingerprint density at radius 3 is 2.68 bits per heavy atom. The minimum Gasteiger partial charge on any atom is -0.396 e. The van der Waals surface area contributed by atoms with Gasteiger partial charge in [0.05, 0.1) is 17.1 Å². The van der Waals surface area contributed by atoms with E-state index in [9.17, 15) is 4.79 Å². The molecule has 2 aromatic rings. The van der Waals surface area contributed by atoms with Crippen molar-refractivity contribution in [1.29, 1.82) is 0 Å². The molecule has 0 saturated heterocycles. The summed E-state index contributed by atoms with van der Waals surface area (Å²) in [7, 11) is 0. The average molecular weight is 259 g/mol. The van der Waals surface area contributed by atoms with Gasteiger partial charge in [-0.05, 0) is 32.9 Å². The van der Waals surface area contributed by atoms with Gasteiger partial charge in [-0.1, -0.05) is 6.07 Å². The van der Waals surface area contributed by atoms with E-state index in [2.05, 4.69) is 15.4 Å². The van der Waals surface area contributed by atoms with Crippen LogP contribution in [0.2, 0.25) is 0 Å². The predicted octanol–water partition coefficient (Wildman–Crippen LogP) is 1.42. The molecule has 0 spiro atoms. The van der Waals surface area contributed by atoms with Gasteiger partial charge in [-0.3, -0.25) is 9.48 Å². The summed E-state index contributed by atoms with van der Waals surface area (Å²) in [6.07, 6.45) is 0. The summed E-state index contributed by atoms with van der Waals surface area (Å²) in [5.41, 5.74) is 8.84. The van der Waals surface area contributed by atoms with Crippen molar-refractivity contribution >= 4 is 17.4 Å². The number of nitrogens with one attached hydrogen (secondary N) is 1. The van der Waals surface area contributed by atoms with Gasteiger partial charge in [-0.2, -0.15) is 5.10 Å². The van der Waals surface area contributed by atoms with Gasteiger partial charge in [0.15, 0.2) is 0 Å². The average Bonchev–Trinajstić information content (AvgIpc) is 2.57. The first-order valence-corrected chi connectivity index (χ1v) is 6.00. The summed E-state index contributed by atoms with van der Waals surface area (Å²) in [5.74, 6) is 0.364. The lowest BCUT2D eigenvalue weighted by molar-refractivity contribution is -0.117. The Hall–Kier alpha value is -2.37. The van der Waals surface area contributed by atoms with Crippen molar-refractivity contribution in [3.63, 3.8) is 0 Å². The molecule has 2 rings (SSSR count). The van der Waals surface area contributed by atoms with Crippen LogP contribution in [0.4, 0.5) is 11.5 Å². The van der Waals surface area contributed by atoms with Gasteiger partial charge in [-0.25, -0.2) is 4.98 Å². The Bertz CT molecular complexity index is 617. The number of hydrogen-bond donors (Lipinski definition) is 2. The molecule has 6 nitrogen and oxygen atoms in total. The zero-order valence-corrected chi connectivity index (χ0v) is 11.3. The quantitative estimate of drug-likeness (QED) is 0.873. The number of nitrogens with two attached hydrogens (primary N) is 1. The van der Waals surface area contributed by atoms with Crippen molar-refractivity contribution < 1.29 is 4.79 Å². The van der Waals surface area contributed by atoms with Gasteiger partial charge >= 0.3 is 0 Å². The van der Waals surface area contributed by atoms with Crippen molar-refractivity contribution in [1.82, 2.24) is 14.8 Å². The van der Waals surface area contributed by atoms with E-state index in [4.69, 9.17) is 5.73 Å². The lowest BCUT2D eigenvalue weighted by Gasteiger charge is -2.06. The van der Waals surface area contributed by atoms with Crippen LogP contribution in [-0.2, 0) is 11.3 Å². The standard InChI is InChI=1S/C13H17N5O/c1-8-5-4-6-11(15-8)16-12(19)7-18-10(3)13(14)9(2)17-18/h4-6H,7,14H2,1-3H3,(H,15,16,19). The molecular formula is C13H17N5O. The minimum absolute atomic E-state index is 0.124. The van der Waals surface area contributed by atoms with Crippen LogP contribution in [0.1, 0.15) is 17.1 Å². The number of aryl methyl sites for hydroxylation is 2. The monoisotopic (exact) mass is 259 g/mol. The van der Waals surface area contributed by atoms with E-state index < -0.39 is 0 Å². The van der Waals surface area contributed by atoms with Crippen LogP contribution in [0.15, 0.2) is 18.2 Å². The highest BCUT2D eigenvalue weighted by atomic mass is 16.2. The highest BCUT2D eigenvalue weighted by Gasteiger charge is 2.11. The van der Waals surface area contributed by atoms with Crippen LogP contribution < -0.4 is 11.1 Å². The number of carbonyl (C=O) groups is 1. The first-order valence-electron chi connectivity index (χ1n) is 6.00. The number of anilines is 2. The molecule has 0 aliphatic rings. The molecular weight excluding hydrogens is 242 g/mol. The molecule has 2 heterocycles. The molecule has 0 radical (unpaired) electrons. The van der Waals surface area contributed by atoms with Gasteiger partial charge in [0, 0.05) is 5.69 Å². The van der Waals surface area contributed by atoms with E-state index in [1.807, 2.05) is 32.9 Å². The fourth-order valence-corrected chi connectivity index (χ4v) is 1.80. The van der Waals surface area contributed by atoms with E-state index in [-0.39, 0.29) is 12.5 Å². The zero-order valence-electron chi connectivity index (χ0n) is 11.3. The molecule has 19 heavy (non-hydrogen) atoms. The van der Waals surface area contributed by atoms with Crippen molar-refractivity contribution in [2.45, 2.75) is 27.3 Å². The number of amides is 1. The second kappa shape index (κ2) is 5.09. The van der Waals surface area contributed by atoms with E-state index in [0.29, 0.717) is 11.5 Å². The number of aromatic nitrogens is 3. The van der Waals surface area contributed by atoms with E-state index in [1.165, 1.54) is 0 Å². The van der Waals surface area contributed by atoms with Crippen LogP contribution in [0.3, 0.4) is 0 Å². The SMILES string of the molecule is Cc1cccc(NC(=O)Cn2nc(C)c(N)c2C)n1. The summed E-state index contributed by atoms with van der Waals surface area (Å²) in [4.78, 5) is 16.1. The molecule has 0 aliphatic heterocycles. The molecule has 0 unspecified atom stereocenters. The number of nitrogen functional groups attached to an aromatic ring is 1. The van der Waals surface area contributed by atoms with E-state index in [0.717, 1.165) is 17.1 Å². The molecule has 0 aliphatic carbocycles. The first-order chi connectivity index (χ1) is 8.97. The highest BCUT2D eigenvalue weighted by Crippen LogP contribution is 2.14. The normalized spacial score (nSPS) is 10.5. The lowest BCUT2D eigenvalue weighted by atomic mass is 10.3. The maximum absolute atomic E-state index is 11.9. The molecule has 6 heteroatoms. The number of carbonyl (C=O) groups excluding carboxylic acids is 1. The van der Waals surface area contributed by atoms with Crippen LogP contribution in [-0.4, -0.2) is 20.7 Å². The zero-order chi connectivity index (χ0) is 14.0. The number of pyridine rings is 1. The summed E-state index contributed by atoms with van der Waals surface area (Å²) in [5, 5.41) is 6.95. The van der Waals surface area contributed by atoms with Crippen molar-refractivity contribution in [2.24, 2.45) is 0 Å². The fraction of sp³-hybridized carbons (Fsp3) is 0.308. The Morgan fingerprint density at radius 2 is 2.11 bits per heavy atom. The third kappa shape index (κ3) is 2.90. The lowest BCUT2D eigenvalue weighted by Crippen LogP contribution is -2.21. The van der Waals surface area contributed by atoms with Gasteiger partial charge in [0.1, 0.15) is 12.4 Å².